The third-order valence-corrected chi connectivity index (χ3v) is 8.87. The monoisotopic (exact) mass is 541 g/mol. The molecule has 37 heavy (non-hydrogen) atoms. The summed E-state index contributed by atoms with van der Waals surface area (Å²) in [5.41, 5.74) is 0.506. The lowest BCUT2D eigenvalue weighted by Crippen LogP contribution is -2.57. The highest BCUT2D eigenvalue weighted by Crippen LogP contribution is 2.45. The van der Waals surface area contributed by atoms with Gasteiger partial charge in [-0.2, -0.15) is 13.2 Å². The molecular weight excluding hydrogens is 503 g/mol. The van der Waals surface area contributed by atoms with Crippen molar-refractivity contribution in [1.29, 1.82) is 0 Å². The largest absolute Gasteiger partial charge is 0.481 e. The van der Waals surface area contributed by atoms with Crippen LogP contribution in [0.2, 0.25) is 0 Å². The summed E-state index contributed by atoms with van der Waals surface area (Å²) < 4.78 is 39.9. The molecule has 2 aromatic heterocycles. The summed E-state index contributed by atoms with van der Waals surface area (Å²) in [6, 6.07) is 0.367. The second-order valence-electron chi connectivity index (χ2n) is 11.8. The number of likely N-dealkylation sites (tertiary alicyclic amines) is 1. The molecule has 0 amide bonds. The quantitative estimate of drug-likeness (QED) is 0.528. The summed E-state index contributed by atoms with van der Waals surface area (Å²) in [5.74, 6) is 0.0188. The summed E-state index contributed by atoms with van der Waals surface area (Å²) in [6.07, 6.45) is -2.18. The Morgan fingerprint density at radius 1 is 1.27 bits per heavy atom. The van der Waals surface area contributed by atoms with Crippen LogP contribution in [0.5, 0.6) is 0 Å². The van der Waals surface area contributed by atoms with E-state index in [0.29, 0.717) is 49.5 Å². The van der Waals surface area contributed by atoms with Gasteiger partial charge < -0.3 is 15.3 Å². The van der Waals surface area contributed by atoms with Gasteiger partial charge in [-0.05, 0) is 37.2 Å². The number of anilines is 1. The molecule has 1 unspecified atom stereocenters. The first kappa shape index (κ1) is 28.0. The van der Waals surface area contributed by atoms with Crippen LogP contribution in [0.3, 0.4) is 0 Å². The third-order valence-electron chi connectivity index (χ3n) is 7.86. The molecule has 3 atom stereocenters. The van der Waals surface area contributed by atoms with Crippen LogP contribution in [-0.4, -0.2) is 70.9 Å². The number of carboxylic acids is 1. The van der Waals surface area contributed by atoms with Crippen LogP contribution >= 0.6 is 11.3 Å². The predicted octanol–water partition coefficient (Wildman–Crippen LogP) is 5.08. The lowest BCUT2D eigenvalue weighted by atomic mass is 9.65. The number of aromatic nitrogens is 2. The van der Waals surface area contributed by atoms with Gasteiger partial charge in [0, 0.05) is 44.1 Å². The first-order valence-corrected chi connectivity index (χ1v) is 13.8. The maximum atomic E-state index is 13.3. The Balaban J connectivity index is 1.58. The number of aryl methyl sites for hydroxylation is 1. The minimum atomic E-state index is -4.32. The lowest BCUT2D eigenvalue weighted by molar-refractivity contribution is -0.157. The van der Waals surface area contributed by atoms with Crippen molar-refractivity contribution < 1.29 is 23.1 Å². The number of piperidine rings is 1. The molecular formula is C26H38F3N5O2S. The highest BCUT2D eigenvalue weighted by atomic mass is 32.1. The van der Waals surface area contributed by atoms with E-state index in [9.17, 15) is 23.1 Å². The summed E-state index contributed by atoms with van der Waals surface area (Å²) >= 11 is 1.52. The molecule has 2 fully saturated rings. The van der Waals surface area contributed by atoms with E-state index in [4.69, 9.17) is 9.97 Å². The number of halogens is 3. The lowest BCUT2D eigenvalue weighted by Gasteiger charge is -2.48. The topological polar surface area (TPSA) is 81.6 Å². The van der Waals surface area contributed by atoms with Crippen LogP contribution in [0.1, 0.15) is 57.5 Å². The molecule has 2 N–H and O–H groups in total. The molecule has 0 aliphatic carbocycles. The van der Waals surface area contributed by atoms with Gasteiger partial charge in [0.2, 0.25) is 0 Å². The standard InChI is InChI=1S/C26H38F3N5O2S/c1-6-7-25(23(35)36)11-17(24(3,4)5)12-33(15-25)13-18-10-19-22(37-18)31-16(2)21(32-19)34-9-8-30-20(14-34)26(27,28)29/h10,17,20,30H,6-9,11-15H2,1-5H3,(H,35,36)/t17-,20?,25-/m1/s1. The second-order valence-corrected chi connectivity index (χ2v) is 12.9. The number of hydrogen-bond donors (Lipinski definition) is 2. The average Bonchev–Trinajstić information content (AvgIpc) is 3.18. The van der Waals surface area contributed by atoms with Gasteiger partial charge in [0.25, 0.3) is 0 Å². The fraction of sp³-hybridized carbons (Fsp3) is 0.731. The van der Waals surface area contributed by atoms with Gasteiger partial charge in [0.05, 0.1) is 11.1 Å². The summed E-state index contributed by atoms with van der Waals surface area (Å²) in [5, 5.41) is 12.8. The molecule has 11 heteroatoms. The number of nitrogens with zero attached hydrogens (tertiary/aromatic N) is 4. The number of carbonyl (C=O) groups is 1. The number of alkyl halides is 3. The number of fused-ring (bicyclic) bond motifs is 1. The molecule has 0 spiro atoms. The number of hydrogen-bond acceptors (Lipinski definition) is 7. The van der Waals surface area contributed by atoms with Crippen LogP contribution in [0.15, 0.2) is 6.07 Å². The Labute approximate surface area is 220 Å². The zero-order valence-electron chi connectivity index (χ0n) is 22.3. The number of aliphatic carboxylic acids is 1. The Kier molecular flexibility index (Phi) is 7.80. The molecule has 0 aromatic carbocycles. The molecule has 4 heterocycles. The van der Waals surface area contributed by atoms with Crippen LogP contribution in [0.25, 0.3) is 10.3 Å². The van der Waals surface area contributed by atoms with Crippen molar-refractivity contribution in [3.8, 4) is 0 Å². The fourth-order valence-corrected chi connectivity index (χ4v) is 6.82. The van der Waals surface area contributed by atoms with E-state index in [2.05, 4.69) is 31.0 Å². The van der Waals surface area contributed by atoms with Crippen LogP contribution in [-0.2, 0) is 11.3 Å². The number of carboxylic acid groups (broad SMARTS) is 1. The van der Waals surface area contributed by atoms with Gasteiger partial charge in [-0.15, -0.1) is 11.3 Å². The Bertz CT molecular complexity index is 1130. The van der Waals surface area contributed by atoms with Gasteiger partial charge in [-0.1, -0.05) is 34.1 Å². The molecule has 2 saturated heterocycles. The first-order chi connectivity index (χ1) is 17.2. The molecule has 2 aromatic rings. The zero-order valence-corrected chi connectivity index (χ0v) is 23.1. The molecule has 0 saturated carbocycles. The van der Waals surface area contributed by atoms with E-state index in [0.717, 1.165) is 22.7 Å². The normalized spacial score (nSPS) is 26.1. The highest BCUT2D eigenvalue weighted by Gasteiger charge is 2.47. The van der Waals surface area contributed by atoms with E-state index >= 15 is 0 Å². The van der Waals surface area contributed by atoms with Crippen LogP contribution < -0.4 is 10.2 Å². The average molecular weight is 542 g/mol. The van der Waals surface area contributed by atoms with E-state index in [1.807, 2.05) is 13.0 Å². The molecule has 0 radical (unpaired) electrons. The molecule has 4 rings (SSSR count). The van der Waals surface area contributed by atoms with Gasteiger partial charge in [-0.25, -0.2) is 9.97 Å². The predicted molar refractivity (Wildman–Crippen MR) is 140 cm³/mol. The Hall–Kier alpha value is -1.98. The minimum Gasteiger partial charge on any atom is -0.481 e. The van der Waals surface area contributed by atoms with E-state index < -0.39 is 23.6 Å². The number of rotatable bonds is 6. The number of nitrogens with one attached hydrogen (secondary N) is 1. The van der Waals surface area contributed by atoms with Crippen LogP contribution in [0.4, 0.5) is 19.0 Å². The third kappa shape index (κ3) is 6.04. The SMILES string of the molecule is CCC[C@@]1(C(=O)O)C[C@@H](C(C)(C)C)CN(Cc2cc3nc(N4CCNC(C(F)(F)F)C4)c(C)nc3s2)C1. The molecule has 2 aliphatic heterocycles. The van der Waals surface area contributed by atoms with E-state index in [1.54, 1.807) is 11.8 Å². The highest BCUT2D eigenvalue weighted by molar-refractivity contribution is 7.18. The van der Waals surface area contributed by atoms with Gasteiger partial charge >= 0.3 is 12.1 Å². The molecule has 7 nitrogen and oxygen atoms in total. The molecule has 206 valence electrons. The fourth-order valence-electron chi connectivity index (χ4n) is 5.76. The van der Waals surface area contributed by atoms with Crippen LogP contribution in [0, 0.1) is 23.7 Å². The maximum Gasteiger partial charge on any atom is 0.405 e. The van der Waals surface area contributed by atoms with Gasteiger partial charge in [0.15, 0.2) is 5.82 Å². The summed E-state index contributed by atoms with van der Waals surface area (Å²) in [4.78, 5) is 27.6. The maximum absolute atomic E-state index is 13.3. The minimum absolute atomic E-state index is 0.0139. The van der Waals surface area contributed by atoms with Crippen molar-refractivity contribution in [3.05, 3.63) is 16.6 Å². The van der Waals surface area contributed by atoms with E-state index in [-0.39, 0.29) is 24.4 Å². The first-order valence-electron chi connectivity index (χ1n) is 13.0. The molecule has 2 aliphatic rings. The van der Waals surface area contributed by atoms with E-state index in [1.165, 1.54) is 11.3 Å². The summed E-state index contributed by atoms with van der Waals surface area (Å²) in [6.45, 7) is 12.7. The molecule has 0 bridgehead atoms. The zero-order chi connectivity index (χ0) is 27.2. The van der Waals surface area contributed by atoms with Crippen molar-refractivity contribution in [2.75, 3.05) is 37.6 Å². The number of piperazine rings is 1. The van der Waals surface area contributed by atoms with Gasteiger partial charge in [-0.3, -0.25) is 9.69 Å². The van der Waals surface area contributed by atoms with Crippen molar-refractivity contribution in [2.24, 2.45) is 16.7 Å². The van der Waals surface area contributed by atoms with Crippen molar-refractivity contribution in [2.45, 2.75) is 72.6 Å². The second kappa shape index (κ2) is 10.3. The summed E-state index contributed by atoms with van der Waals surface area (Å²) in [7, 11) is 0. The Morgan fingerprint density at radius 3 is 2.62 bits per heavy atom. The smallest absolute Gasteiger partial charge is 0.405 e. The van der Waals surface area contributed by atoms with Crippen molar-refractivity contribution >= 4 is 33.5 Å². The Morgan fingerprint density at radius 2 is 2.00 bits per heavy atom. The van der Waals surface area contributed by atoms with Gasteiger partial charge in [0.1, 0.15) is 16.4 Å². The number of thiophene rings is 1. The van der Waals surface area contributed by atoms with Crippen molar-refractivity contribution in [1.82, 2.24) is 20.2 Å². The van der Waals surface area contributed by atoms with Crippen molar-refractivity contribution in [3.63, 3.8) is 0 Å².